The molecule has 1 aromatic carbocycles. The van der Waals surface area contributed by atoms with Crippen molar-refractivity contribution >= 4 is 17.2 Å². The first kappa shape index (κ1) is 14.3. The fourth-order valence-electron chi connectivity index (χ4n) is 1.66. The van der Waals surface area contributed by atoms with Gasteiger partial charge < -0.3 is 15.5 Å². The molecule has 2 N–H and O–H groups in total. The number of benzene rings is 1. The Morgan fingerprint density at radius 1 is 1.22 bits per heavy atom. The number of rotatable bonds is 6. The van der Waals surface area contributed by atoms with Crippen LogP contribution in [0.1, 0.15) is 5.56 Å². The van der Waals surface area contributed by atoms with Crippen molar-refractivity contribution in [3.63, 3.8) is 0 Å². The van der Waals surface area contributed by atoms with E-state index in [-0.39, 0.29) is 0 Å². The molecule has 0 aliphatic rings. The standard InChI is InChI=1S/C14H21N3O/c1-11(14(15)18)12-7-5-6-8-13(12)17(4)10-9-16(2)3/h5-8H,1,9-10H2,2-4H3,(H2,15,18). The summed E-state index contributed by atoms with van der Waals surface area (Å²) in [5, 5.41) is 0. The molecule has 0 spiro atoms. The minimum absolute atomic E-state index is 0.349. The number of hydrogen-bond donors (Lipinski definition) is 1. The van der Waals surface area contributed by atoms with E-state index >= 15 is 0 Å². The first-order valence-electron chi connectivity index (χ1n) is 5.87. The number of nitrogens with zero attached hydrogens (tertiary/aromatic N) is 2. The molecule has 4 heteroatoms. The van der Waals surface area contributed by atoms with Crippen molar-refractivity contribution in [2.24, 2.45) is 5.73 Å². The predicted molar refractivity (Wildman–Crippen MR) is 76.5 cm³/mol. The monoisotopic (exact) mass is 247 g/mol. The van der Waals surface area contributed by atoms with Gasteiger partial charge in [0.25, 0.3) is 0 Å². The number of para-hydroxylation sites is 1. The van der Waals surface area contributed by atoms with Crippen LogP contribution in [0.5, 0.6) is 0 Å². The van der Waals surface area contributed by atoms with Crippen LogP contribution in [0, 0.1) is 0 Å². The number of primary amides is 1. The van der Waals surface area contributed by atoms with Gasteiger partial charge in [0, 0.05) is 37.0 Å². The average molecular weight is 247 g/mol. The highest BCUT2D eigenvalue weighted by Gasteiger charge is 2.12. The maximum Gasteiger partial charge on any atom is 0.248 e. The van der Waals surface area contributed by atoms with E-state index in [0.717, 1.165) is 24.3 Å². The first-order valence-corrected chi connectivity index (χ1v) is 5.87. The third kappa shape index (κ3) is 3.60. The first-order chi connectivity index (χ1) is 8.43. The second kappa shape index (κ2) is 6.21. The van der Waals surface area contributed by atoms with E-state index in [1.54, 1.807) is 0 Å². The number of carbonyl (C=O) groups is 1. The molecular formula is C14H21N3O. The maximum atomic E-state index is 11.2. The summed E-state index contributed by atoms with van der Waals surface area (Å²) in [6.07, 6.45) is 0. The fraction of sp³-hybridized carbons (Fsp3) is 0.357. The molecule has 0 bridgehead atoms. The smallest absolute Gasteiger partial charge is 0.248 e. The minimum Gasteiger partial charge on any atom is -0.373 e. The van der Waals surface area contributed by atoms with Crippen molar-refractivity contribution in [2.75, 3.05) is 39.1 Å². The summed E-state index contributed by atoms with van der Waals surface area (Å²) in [7, 11) is 6.06. The largest absolute Gasteiger partial charge is 0.373 e. The van der Waals surface area contributed by atoms with Crippen molar-refractivity contribution < 1.29 is 4.79 Å². The topological polar surface area (TPSA) is 49.6 Å². The van der Waals surface area contributed by atoms with Crippen molar-refractivity contribution in [3.8, 4) is 0 Å². The zero-order chi connectivity index (χ0) is 13.7. The second-order valence-corrected chi connectivity index (χ2v) is 4.58. The van der Waals surface area contributed by atoms with E-state index in [4.69, 9.17) is 5.73 Å². The third-order valence-corrected chi connectivity index (χ3v) is 2.82. The highest BCUT2D eigenvalue weighted by Crippen LogP contribution is 2.25. The van der Waals surface area contributed by atoms with Gasteiger partial charge in [0.1, 0.15) is 0 Å². The highest BCUT2D eigenvalue weighted by molar-refractivity contribution is 6.19. The fourth-order valence-corrected chi connectivity index (χ4v) is 1.66. The molecule has 0 fully saturated rings. The molecular weight excluding hydrogens is 226 g/mol. The van der Waals surface area contributed by atoms with Crippen LogP contribution in [0.15, 0.2) is 30.8 Å². The lowest BCUT2D eigenvalue weighted by molar-refractivity contribution is -0.112. The SMILES string of the molecule is C=C(C(N)=O)c1ccccc1N(C)CCN(C)C. The predicted octanol–water partition coefficient (Wildman–Crippen LogP) is 1.18. The molecule has 0 aromatic heterocycles. The molecule has 1 aromatic rings. The van der Waals surface area contributed by atoms with Gasteiger partial charge in [0.05, 0.1) is 0 Å². The van der Waals surface area contributed by atoms with Gasteiger partial charge in [-0.2, -0.15) is 0 Å². The number of amides is 1. The maximum absolute atomic E-state index is 11.2. The van der Waals surface area contributed by atoms with E-state index in [1.807, 2.05) is 45.4 Å². The molecule has 0 saturated carbocycles. The molecule has 0 saturated heterocycles. The molecule has 1 rings (SSSR count). The Kier molecular flexibility index (Phi) is 4.92. The Morgan fingerprint density at radius 3 is 2.39 bits per heavy atom. The summed E-state index contributed by atoms with van der Waals surface area (Å²) in [5.74, 6) is -0.483. The molecule has 18 heavy (non-hydrogen) atoms. The zero-order valence-corrected chi connectivity index (χ0v) is 11.3. The summed E-state index contributed by atoms with van der Waals surface area (Å²) in [6.45, 7) is 5.56. The van der Waals surface area contributed by atoms with Gasteiger partial charge in [0.2, 0.25) is 5.91 Å². The third-order valence-electron chi connectivity index (χ3n) is 2.82. The summed E-state index contributed by atoms with van der Waals surface area (Å²) in [5.41, 5.74) is 7.42. The van der Waals surface area contributed by atoms with Crippen molar-refractivity contribution in [3.05, 3.63) is 36.4 Å². The summed E-state index contributed by atoms with van der Waals surface area (Å²) >= 11 is 0. The minimum atomic E-state index is -0.483. The number of hydrogen-bond acceptors (Lipinski definition) is 3. The van der Waals surface area contributed by atoms with E-state index in [1.165, 1.54) is 0 Å². The number of nitrogens with two attached hydrogens (primary N) is 1. The highest BCUT2D eigenvalue weighted by atomic mass is 16.1. The van der Waals surface area contributed by atoms with Crippen LogP contribution in [0.3, 0.4) is 0 Å². The Hall–Kier alpha value is -1.81. The van der Waals surface area contributed by atoms with Crippen molar-refractivity contribution in [1.82, 2.24) is 4.90 Å². The molecule has 1 amide bonds. The molecule has 0 heterocycles. The van der Waals surface area contributed by atoms with E-state index < -0.39 is 5.91 Å². The summed E-state index contributed by atoms with van der Waals surface area (Å²) in [6, 6.07) is 7.67. The number of carbonyl (C=O) groups excluding carboxylic acids is 1. The van der Waals surface area contributed by atoms with Crippen LogP contribution in [0.2, 0.25) is 0 Å². The summed E-state index contributed by atoms with van der Waals surface area (Å²) < 4.78 is 0. The van der Waals surface area contributed by atoms with Gasteiger partial charge >= 0.3 is 0 Å². The Morgan fingerprint density at radius 2 is 1.83 bits per heavy atom. The van der Waals surface area contributed by atoms with Gasteiger partial charge in [-0.1, -0.05) is 24.8 Å². The van der Waals surface area contributed by atoms with Gasteiger partial charge in [-0.15, -0.1) is 0 Å². The molecule has 0 atom stereocenters. The van der Waals surface area contributed by atoms with Gasteiger partial charge in [-0.05, 0) is 20.2 Å². The number of likely N-dealkylation sites (N-methyl/N-ethyl adjacent to an activating group) is 2. The van der Waals surface area contributed by atoms with E-state index in [2.05, 4.69) is 16.4 Å². The molecule has 4 nitrogen and oxygen atoms in total. The quantitative estimate of drug-likeness (QED) is 0.768. The van der Waals surface area contributed by atoms with Crippen LogP contribution < -0.4 is 10.6 Å². The van der Waals surface area contributed by atoms with Gasteiger partial charge in [-0.25, -0.2) is 0 Å². The lowest BCUT2D eigenvalue weighted by Gasteiger charge is -2.24. The molecule has 0 aliphatic carbocycles. The van der Waals surface area contributed by atoms with Gasteiger partial charge in [0.15, 0.2) is 0 Å². The van der Waals surface area contributed by atoms with Crippen LogP contribution in [-0.4, -0.2) is 45.0 Å². The molecule has 0 aliphatic heterocycles. The van der Waals surface area contributed by atoms with Crippen molar-refractivity contribution in [2.45, 2.75) is 0 Å². The lowest BCUT2D eigenvalue weighted by atomic mass is 10.0. The molecule has 0 unspecified atom stereocenters. The average Bonchev–Trinajstić information content (AvgIpc) is 2.34. The van der Waals surface area contributed by atoms with Crippen LogP contribution in [0.25, 0.3) is 5.57 Å². The van der Waals surface area contributed by atoms with E-state index in [0.29, 0.717) is 5.57 Å². The Labute approximate surface area is 109 Å². The number of anilines is 1. The Bertz CT molecular complexity index is 440. The van der Waals surface area contributed by atoms with Gasteiger partial charge in [-0.3, -0.25) is 4.79 Å². The zero-order valence-electron chi connectivity index (χ0n) is 11.3. The van der Waals surface area contributed by atoms with Crippen LogP contribution in [0.4, 0.5) is 5.69 Å². The Balaban J connectivity index is 2.94. The molecule has 0 radical (unpaired) electrons. The van der Waals surface area contributed by atoms with Crippen LogP contribution >= 0.6 is 0 Å². The summed E-state index contributed by atoms with van der Waals surface area (Å²) in [4.78, 5) is 15.5. The lowest BCUT2D eigenvalue weighted by Crippen LogP contribution is -2.29. The van der Waals surface area contributed by atoms with E-state index in [9.17, 15) is 4.79 Å². The van der Waals surface area contributed by atoms with Crippen LogP contribution in [-0.2, 0) is 4.79 Å². The molecule has 98 valence electrons. The second-order valence-electron chi connectivity index (χ2n) is 4.58. The van der Waals surface area contributed by atoms with Crippen molar-refractivity contribution in [1.29, 1.82) is 0 Å². The normalized spacial score (nSPS) is 10.4.